The number of guanidine groups is 1. The molecule has 1 aromatic rings. The lowest BCUT2D eigenvalue weighted by Gasteiger charge is -2.30. The second-order valence-electron chi connectivity index (χ2n) is 5.27. The summed E-state index contributed by atoms with van der Waals surface area (Å²) in [7, 11) is 1.76. The molecule has 2 N–H and O–H groups in total. The SMILES string of the molecule is CN=C(NCCN(C(C)C)C(C)C)NCc1ccon1.I. The van der Waals surface area contributed by atoms with Gasteiger partial charge in [0.05, 0.1) is 6.54 Å². The maximum Gasteiger partial charge on any atom is 0.191 e. The number of nitrogens with one attached hydrogen (secondary N) is 2. The second kappa shape index (κ2) is 10.8. The minimum atomic E-state index is 0. The first-order chi connectivity index (χ1) is 9.54. The zero-order valence-electron chi connectivity index (χ0n) is 13.6. The van der Waals surface area contributed by atoms with Crippen LogP contribution in [0.15, 0.2) is 21.8 Å². The smallest absolute Gasteiger partial charge is 0.191 e. The molecule has 0 aliphatic heterocycles. The molecule has 0 atom stereocenters. The summed E-state index contributed by atoms with van der Waals surface area (Å²) in [5.74, 6) is 0.778. The Bertz CT molecular complexity index is 384. The van der Waals surface area contributed by atoms with Crippen LogP contribution >= 0.6 is 24.0 Å². The highest BCUT2D eigenvalue weighted by Crippen LogP contribution is 2.03. The Labute approximate surface area is 144 Å². The Morgan fingerprint density at radius 3 is 2.43 bits per heavy atom. The van der Waals surface area contributed by atoms with E-state index in [0.29, 0.717) is 18.6 Å². The van der Waals surface area contributed by atoms with Crippen LogP contribution in [-0.4, -0.2) is 48.2 Å². The molecule has 0 amide bonds. The summed E-state index contributed by atoms with van der Waals surface area (Å²) in [6.45, 7) is 11.3. The third kappa shape index (κ3) is 7.66. The summed E-state index contributed by atoms with van der Waals surface area (Å²) in [5, 5.41) is 10.4. The van der Waals surface area contributed by atoms with E-state index in [1.165, 1.54) is 0 Å². The molecule has 0 bridgehead atoms. The summed E-state index contributed by atoms with van der Waals surface area (Å²) in [5.41, 5.74) is 0.860. The van der Waals surface area contributed by atoms with Gasteiger partial charge < -0.3 is 15.2 Å². The van der Waals surface area contributed by atoms with Crippen LogP contribution < -0.4 is 10.6 Å². The van der Waals surface area contributed by atoms with E-state index in [1.54, 1.807) is 13.3 Å². The van der Waals surface area contributed by atoms with Crippen LogP contribution in [0.5, 0.6) is 0 Å². The van der Waals surface area contributed by atoms with Crippen LogP contribution in [0.4, 0.5) is 0 Å². The highest BCUT2D eigenvalue weighted by atomic mass is 127. The number of hydrogen-bond donors (Lipinski definition) is 2. The van der Waals surface area contributed by atoms with Gasteiger partial charge in [-0.1, -0.05) is 5.16 Å². The molecule has 1 rings (SSSR count). The quantitative estimate of drug-likeness (QED) is 0.410. The van der Waals surface area contributed by atoms with Gasteiger partial charge in [0.25, 0.3) is 0 Å². The first-order valence-electron chi connectivity index (χ1n) is 7.14. The van der Waals surface area contributed by atoms with Crippen molar-refractivity contribution in [2.45, 2.75) is 46.3 Å². The summed E-state index contributed by atoms with van der Waals surface area (Å²) in [6, 6.07) is 2.92. The van der Waals surface area contributed by atoms with Crippen molar-refractivity contribution in [2.24, 2.45) is 4.99 Å². The maximum atomic E-state index is 4.79. The summed E-state index contributed by atoms with van der Waals surface area (Å²) < 4.78 is 4.79. The van der Waals surface area contributed by atoms with E-state index >= 15 is 0 Å². The number of hydrogen-bond acceptors (Lipinski definition) is 4. The maximum absolute atomic E-state index is 4.79. The van der Waals surface area contributed by atoms with Gasteiger partial charge >= 0.3 is 0 Å². The van der Waals surface area contributed by atoms with Gasteiger partial charge in [-0.2, -0.15) is 0 Å². The average Bonchev–Trinajstić information content (AvgIpc) is 2.90. The molecule has 1 aromatic heterocycles. The van der Waals surface area contributed by atoms with Crippen molar-refractivity contribution in [3.05, 3.63) is 18.0 Å². The Hall–Kier alpha value is -0.830. The molecule has 0 aliphatic carbocycles. The molecular formula is C14H28IN5O. The van der Waals surface area contributed by atoms with Crippen molar-refractivity contribution in [3.8, 4) is 0 Å². The third-order valence-corrected chi connectivity index (χ3v) is 3.14. The normalized spacial score (nSPS) is 11.9. The standard InChI is InChI=1S/C14H27N5O.HI/c1-11(2)19(12(3)4)8-7-16-14(15-5)17-10-13-6-9-20-18-13;/h6,9,11-12H,7-8,10H2,1-5H3,(H2,15,16,17);1H. The monoisotopic (exact) mass is 409 g/mol. The molecule has 0 radical (unpaired) electrons. The number of aromatic nitrogens is 1. The molecular weight excluding hydrogens is 381 g/mol. The Kier molecular flexibility index (Phi) is 10.4. The summed E-state index contributed by atoms with van der Waals surface area (Å²) in [6.07, 6.45) is 1.57. The van der Waals surface area contributed by atoms with Crippen LogP contribution in [-0.2, 0) is 6.54 Å². The molecule has 6 nitrogen and oxygen atoms in total. The van der Waals surface area contributed by atoms with Crippen molar-refractivity contribution < 1.29 is 4.52 Å². The number of rotatable bonds is 7. The van der Waals surface area contributed by atoms with E-state index in [0.717, 1.165) is 24.7 Å². The third-order valence-electron chi connectivity index (χ3n) is 3.14. The zero-order valence-corrected chi connectivity index (χ0v) is 15.9. The molecule has 0 saturated carbocycles. The van der Waals surface area contributed by atoms with Gasteiger partial charge in [0.1, 0.15) is 12.0 Å². The molecule has 0 saturated heterocycles. The fourth-order valence-electron chi connectivity index (χ4n) is 2.14. The molecule has 0 aromatic carbocycles. The highest BCUT2D eigenvalue weighted by molar-refractivity contribution is 14.0. The van der Waals surface area contributed by atoms with Crippen LogP contribution in [0.2, 0.25) is 0 Å². The van der Waals surface area contributed by atoms with Crippen molar-refractivity contribution in [1.82, 2.24) is 20.7 Å². The van der Waals surface area contributed by atoms with E-state index in [-0.39, 0.29) is 24.0 Å². The fraction of sp³-hybridized carbons (Fsp3) is 0.714. The summed E-state index contributed by atoms with van der Waals surface area (Å²) in [4.78, 5) is 6.63. The lowest BCUT2D eigenvalue weighted by Crippen LogP contribution is -2.45. The predicted molar refractivity (Wildman–Crippen MR) is 97.1 cm³/mol. The average molecular weight is 409 g/mol. The Morgan fingerprint density at radius 1 is 1.29 bits per heavy atom. The van der Waals surface area contributed by atoms with Gasteiger partial charge in [0.2, 0.25) is 0 Å². The molecule has 122 valence electrons. The Balaban J connectivity index is 0.00000400. The van der Waals surface area contributed by atoms with Gasteiger partial charge in [-0.15, -0.1) is 24.0 Å². The van der Waals surface area contributed by atoms with Crippen molar-refractivity contribution in [3.63, 3.8) is 0 Å². The predicted octanol–water partition coefficient (Wildman–Crippen LogP) is 2.08. The van der Waals surface area contributed by atoms with E-state index in [9.17, 15) is 0 Å². The largest absolute Gasteiger partial charge is 0.364 e. The minimum Gasteiger partial charge on any atom is -0.364 e. The van der Waals surface area contributed by atoms with Gasteiger partial charge in [-0.25, -0.2) is 0 Å². The summed E-state index contributed by atoms with van der Waals surface area (Å²) >= 11 is 0. The molecule has 1 heterocycles. The van der Waals surface area contributed by atoms with Crippen LogP contribution in [0.1, 0.15) is 33.4 Å². The lowest BCUT2D eigenvalue weighted by atomic mass is 10.2. The molecule has 0 spiro atoms. The minimum absolute atomic E-state index is 0. The first kappa shape index (κ1) is 20.2. The van der Waals surface area contributed by atoms with Gasteiger partial charge in [0, 0.05) is 38.3 Å². The van der Waals surface area contributed by atoms with E-state index < -0.39 is 0 Å². The topological polar surface area (TPSA) is 65.7 Å². The van der Waals surface area contributed by atoms with Crippen LogP contribution in [0, 0.1) is 0 Å². The van der Waals surface area contributed by atoms with E-state index in [2.05, 4.69) is 53.4 Å². The lowest BCUT2D eigenvalue weighted by molar-refractivity contribution is 0.178. The van der Waals surface area contributed by atoms with E-state index in [1.807, 2.05) is 6.07 Å². The molecule has 7 heteroatoms. The van der Waals surface area contributed by atoms with Gasteiger partial charge in [-0.05, 0) is 27.7 Å². The van der Waals surface area contributed by atoms with Gasteiger partial charge in [-0.3, -0.25) is 9.89 Å². The second-order valence-corrected chi connectivity index (χ2v) is 5.27. The molecule has 0 fully saturated rings. The van der Waals surface area contributed by atoms with Crippen molar-refractivity contribution in [2.75, 3.05) is 20.1 Å². The molecule has 0 aliphatic rings. The van der Waals surface area contributed by atoms with Gasteiger partial charge in [0.15, 0.2) is 5.96 Å². The zero-order chi connectivity index (χ0) is 15.0. The van der Waals surface area contributed by atoms with Crippen LogP contribution in [0.25, 0.3) is 0 Å². The number of halogens is 1. The number of aliphatic imine (C=N–C) groups is 1. The van der Waals surface area contributed by atoms with Crippen molar-refractivity contribution in [1.29, 1.82) is 0 Å². The fourth-order valence-corrected chi connectivity index (χ4v) is 2.14. The molecule has 0 unspecified atom stereocenters. The Morgan fingerprint density at radius 2 is 1.95 bits per heavy atom. The van der Waals surface area contributed by atoms with Crippen molar-refractivity contribution >= 4 is 29.9 Å². The molecule has 21 heavy (non-hydrogen) atoms. The first-order valence-corrected chi connectivity index (χ1v) is 7.14. The van der Waals surface area contributed by atoms with E-state index in [4.69, 9.17) is 4.52 Å². The number of nitrogens with zero attached hydrogens (tertiary/aromatic N) is 3. The van der Waals surface area contributed by atoms with Crippen LogP contribution in [0.3, 0.4) is 0 Å². The highest BCUT2D eigenvalue weighted by Gasteiger charge is 2.12.